The van der Waals surface area contributed by atoms with E-state index in [0.29, 0.717) is 5.92 Å². The predicted molar refractivity (Wildman–Crippen MR) is 75.8 cm³/mol. The molecule has 1 aliphatic carbocycles. The lowest BCUT2D eigenvalue weighted by molar-refractivity contribution is 0.627. The second kappa shape index (κ2) is 6.17. The maximum atomic E-state index is 4.71. The molecule has 3 heteroatoms. The van der Waals surface area contributed by atoms with Gasteiger partial charge >= 0.3 is 0 Å². The quantitative estimate of drug-likeness (QED) is 0.802. The predicted octanol–water partition coefficient (Wildman–Crippen LogP) is 3.45. The minimum atomic E-state index is 0.646. The van der Waals surface area contributed by atoms with E-state index in [1.54, 1.807) is 0 Å². The molecule has 100 valence electrons. The van der Waals surface area contributed by atoms with Crippen molar-refractivity contribution in [3.63, 3.8) is 0 Å². The normalized spacial score (nSPS) is 15.1. The number of nitrogens with zero attached hydrogens (tertiary/aromatic N) is 2. The van der Waals surface area contributed by atoms with Gasteiger partial charge in [0.05, 0.1) is 0 Å². The SMILES string of the molecule is CCCNc1cc(CC(C)C)nc(CC2CC2)n1. The van der Waals surface area contributed by atoms with Crippen molar-refractivity contribution in [1.82, 2.24) is 9.97 Å². The molecule has 0 aromatic carbocycles. The Bertz CT molecular complexity index is 361. The first-order valence-electron chi connectivity index (χ1n) is 7.28. The standard InChI is InChI=1S/C15H25N3/c1-4-7-16-14-10-13(8-11(2)3)17-15(18-14)9-12-5-6-12/h10-12H,4-9H2,1-3H3,(H,16,17,18). The summed E-state index contributed by atoms with van der Waals surface area (Å²) < 4.78 is 0. The summed E-state index contributed by atoms with van der Waals surface area (Å²) in [6, 6.07) is 2.12. The van der Waals surface area contributed by atoms with E-state index in [9.17, 15) is 0 Å². The topological polar surface area (TPSA) is 37.8 Å². The molecule has 0 atom stereocenters. The summed E-state index contributed by atoms with van der Waals surface area (Å²) in [4.78, 5) is 9.35. The van der Waals surface area contributed by atoms with Crippen LogP contribution in [0, 0.1) is 11.8 Å². The number of anilines is 1. The van der Waals surface area contributed by atoms with Crippen LogP contribution >= 0.6 is 0 Å². The summed E-state index contributed by atoms with van der Waals surface area (Å²) in [5.74, 6) is 3.54. The molecule has 1 fully saturated rings. The molecule has 0 saturated heterocycles. The summed E-state index contributed by atoms with van der Waals surface area (Å²) in [7, 11) is 0. The minimum absolute atomic E-state index is 0.646. The van der Waals surface area contributed by atoms with E-state index in [-0.39, 0.29) is 0 Å². The molecule has 0 aliphatic heterocycles. The van der Waals surface area contributed by atoms with Gasteiger partial charge < -0.3 is 5.32 Å². The maximum absolute atomic E-state index is 4.71. The van der Waals surface area contributed by atoms with Crippen molar-refractivity contribution in [3.8, 4) is 0 Å². The molecule has 1 saturated carbocycles. The minimum Gasteiger partial charge on any atom is -0.370 e. The number of hydrogen-bond donors (Lipinski definition) is 1. The zero-order valence-electron chi connectivity index (χ0n) is 11.9. The molecule has 0 spiro atoms. The monoisotopic (exact) mass is 247 g/mol. The Labute approximate surface area is 110 Å². The molecule has 1 N–H and O–H groups in total. The molecular weight excluding hydrogens is 222 g/mol. The van der Waals surface area contributed by atoms with Gasteiger partial charge in [0.25, 0.3) is 0 Å². The number of aromatic nitrogens is 2. The Hall–Kier alpha value is -1.12. The highest BCUT2D eigenvalue weighted by atomic mass is 15.0. The third-order valence-electron chi connectivity index (χ3n) is 3.17. The van der Waals surface area contributed by atoms with E-state index < -0.39 is 0 Å². The van der Waals surface area contributed by atoms with Crippen LogP contribution in [-0.2, 0) is 12.8 Å². The van der Waals surface area contributed by atoms with E-state index in [4.69, 9.17) is 4.98 Å². The van der Waals surface area contributed by atoms with Crippen molar-refractivity contribution >= 4 is 5.82 Å². The van der Waals surface area contributed by atoms with Crippen LogP contribution in [-0.4, -0.2) is 16.5 Å². The average molecular weight is 247 g/mol. The highest BCUT2D eigenvalue weighted by molar-refractivity contribution is 5.36. The van der Waals surface area contributed by atoms with Crippen molar-refractivity contribution in [2.45, 2.75) is 52.9 Å². The third-order valence-corrected chi connectivity index (χ3v) is 3.17. The van der Waals surface area contributed by atoms with Crippen molar-refractivity contribution in [2.24, 2.45) is 11.8 Å². The lowest BCUT2D eigenvalue weighted by Gasteiger charge is -2.10. The third kappa shape index (κ3) is 4.28. The summed E-state index contributed by atoms with van der Waals surface area (Å²) in [6.07, 6.45) is 5.94. The van der Waals surface area contributed by atoms with Gasteiger partial charge in [0.1, 0.15) is 11.6 Å². The molecule has 0 radical (unpaired) electrons. The van der Waals surface area contributed by atoms with E-state index >= 15 is 0 Å². The van der Waals surface area contributed by atoms with Crippen molar-refractivity contribution < 1.29 is 0 Å². The molecule has 1 aromatic heterocycles. The number of rotatable bonds is 7. The highest BCUT2D eigenvalue weighted by Gasteiger charge is 2.23. The summed E-state index contributed by atoms with van der Waals surface area (Å²) in [5, 5.41) is 3.39. The Morgan fingerprint density at radius 2 is 2.11 bits per heavy atom. The van der Waals surface area contributed by atoms with Crippen LogP contribution in [0.1, 0.15) is 51.6 Å². The van der Waals surface area contributed by atoms with Crippen LogP contribution < -0.4 is 5.32 Å². The summed E-state index contributed by atoms with van der Waals surface area (Å²) in [5.41, 5.74) is 1.19. The highest BCUT2D eigenvalue weighted by Crippen LogP contribution is 2.32. The van der Waals surface area contributed by atoms with Crippen LogP contribution in [0.2, 0.25) is 0 Å². The van der Waals surface area contributed by atoms with E-state index in [2.05, 4.69) is 37.1 Å². The van der Waals surface area contributed by atoms with Gasteiger partial charge in [-0.2, -0.15) is 0 Å². The molecular formula is C15H25N3. The molecule has 1 heterocycles. The van der Waals surface area contributed by atoms with E-state index in [0.717, 1.165) is 43.4 Å². The van der Waals surface area contributed by atoms with Gasteiger partial charge in [-0.15, -0.1) is 0 Å². The van der Waals surface area contributed by atoms with Crippen molar-refractivity contribution in [3.05, 3.63) is 17.6 Å². The van der Waals surface area contributed by atoms with Crippen LogP contribution in [0.15, 0.2) is 6.07 Å². The largest absolute Gasteiger partial charge is 0.370 e. The molecule has 1 aromatic rings. The zero-order chi connectivity index (χ0) is 13.0. The van der Waals surface area contributed by atoms with Gasteiger partial charge in [-0.05, 0) is 37.5 Å². The van der Waals surface area contributed by atoms with Gasteiger partial charge in [-0.1, -0.05) is 20.8 Å². The van der Waals surface area contributed by atoms with Gasteiger partial charge in [-0.25, -0.2) is 9.97 Å². The first kappa shape index (κ1) is 13.3. The molecule has 0 unspecified atom stereocenters. The average Bonchev–Trinajstić information content (AvgIpc) is 3.09. The fourth-order valence-electron chi connectivity index (χ4n) is 2.09. The van der Waals surface area contributed by atoms with Crippen molar-refractivity contribution in [1.29, 1.82) is 0 Å². The van der Waals surface area contributed by atoms with Crippen LogP contribution in [0.25, 0.3) is 0 Å². The molecule has 0 bridgehead atoms. The lowest BCUT2D eigenvalue weighted by Crippen LogP contribution is -2.09. The Morgan fingerprint density at radius 1 is 1.33 bits per heavy atom. The Kier molecular flexibility index (Phi) is 4.56. The Morgan fingerprint density at radius 3 is 2.72 bits per heavy atom. The number of hydrogen-bond acceptors (Lipinski definition) is 3. The summed E-state index contributed by atoms with van der Waals surface area (Å²) >= 11 is 0. The lowest BCUT2D eigenvalue weighted by atomic mass is 10.1. The molecule has 2 rings (SSSR count). The summed E-state index contributed by atoms with van der Waals surface area (Å²) in [6.45, 7) is 7.64. The van der Waals surface area contributed by atoms with Crippen LogP contribution in [0.3, 0.4) is 0 Å². The fourth-order valence-corrected chi connectivity index (χ4v) is 2.09. The van der Waals surface area contributed by atoms with E-state index in [1.165, 1.54) is 18.5 Å². The zero-order valence-corrected chi connectivity index (χ0v) is 11.9. The fraction of sp³-hybridized carbons (Fsp3) is 0.733. The van der Waals surface area contributed by atoms with Crippen LogP contribution in [0.5, 0.6) is 0 Å². The van der Waals surface area contributed by atoms with Gasteiger partial charge in [0.2, 0.25) is 0 Å². The molecule has 18 heavy (non-hydrogen) atoms. The van der Waals surface area contributed by atoms with Gasteiger partial charge in [-0.3, -0.25) is 0 Å². The van der Waals surface area contributed by atoms with Gasteiger partial charge in [0, 0.05) is 24.7 Å². The number of nitrogens with one attached hydrogen (secondary N) is 1. The second-order valence-corrected chi connectivity index (χ2v) is 5.83. The van der Waals surface area contributed by atoms with Crippen LogP contribution in [0.4, 0.5) is 5.82 Å². The molecule has 3 nitrogen and oxygen atoms in total. The van der Waals surface area contributed by atoms with Crippen molar-refractivity contribution in [2.75, 3.05) is 11.9 Å². The maximum Gasteiger partial charge on any atom is 0.131 e. The van der Waals surface area contributed by atoms with E-state index in [1.807, 2.05) is 0 Å². The first-order valence-corrected chi connectivity index (χ1v) is 7.28. The second-order valence-electron chi connectivity index (χ2n) is 5.83. The molecule has 0 amide bonds. The molecule has 1 aliphatic rings. The van der Waals surface area contributed by atoms with Gasteiger partial charge in [0.15, 0.2) is 0 Å². The Balaban J connectivity index is 2.10. The smallest absolute Gasteiger partial charge is 0.131 e. The first-order chi connectivity index (χ1) is 8.67.